The lowest BCUT2D eigenvalue weighted by Crippen LogP contribution is -2.46. The number of ether oxygens (including phenoxy) is 2. The molecular formula is C20H34O4Si. The molecule has 0 unspecified atom stereocenters. The van der Waals surface area contributed by atoms with Crippen LogP contribution in [0.5, 0.6) is 5.75 Å². The summed E-state index contributed by atoms with van der Waals surface area (Å²) in [5.41, 5.74) is 1.10. The van der Waals surface area contributed by atoms with Gasteiger partial charge in [-0.25, -0.2) is 0 Å². The summed E-state index contributed by atoms with van der Waals surface area (Å²) in [6.45, 7) is 14.3. The number of methoxy groups -OCH3 is 1. The van der Waals surface area contributed by atoms with E-state index in [1.807, 2.05) is 24.3 Å². The maximum absolute atomic E-state index is 11.1. The van der Waals surface area contributed by atoms with Gasteiger partial charge in [0.25, 0.3) is 0 Å². The maximum Gasteiger partial charge on any atom is 0.192 e. The number of carbonyl (C=O) groups is 1. The molecule has 25 heavy (non-hydrogen) atoms. The Kier molecular flexibility index (Phi) is 8.31. The molecule has 0 fully saturated rings. The summed E-state index contributed by atoms with van der Waals surface area (Å²) >= 11 is 0. The Labute approximate surface area is 154 Å². The summed E-state index contributed by atoms with van der Waals surface area (Å²) in [6.07, 6.45) is 1.28. The highest BCUT2D eigenvalue weighted by atomic mass is 28.4. The van der Waals surface area contributed by atoms with Crippen molar-refractivity contribution in [2.75, 3.05) is 13.7 Å². The second kappa shape index (κ2) is 9.50. The molecular weight excluding hydrogens is 332 g/mol. The topological polar surface area (TPSA) is 44.8 Å². The first kappa shape index (κ1) is 21.9. The molecule has 0 aliphatic rings. The van der Waals surface area contributed by atoms with Crippen molar-refractivity contribution in [3.63, 3.8) is 0 Å². The minimum Gasteiger partial charge on any atom is -0.497 e. The van der Waals surface area contributed by atoms with Gasteiger partial charge in [-0.1, -0.05) is 39.8 Å². The molecule has 4 nitrogen and oxygen atoms in total. The molecule has 142 valence electrons. The van der Waals surface area contributed by atoms with Gasteiger partial charge in [-0.15, -0.1) is 0 Å². The fourth-order valence-electron chi connectivity index (χ4n) is 2.24. The molecule has 0 aliphatic heterocycles. The predicted molar refractivity (Wildman–Crippen MR) is 105 cm³/mol. The highest BCUT2D eigenvalue weighted by molar-refractivity contribution is 6.74. The third-order valence-corrected chi connectivity index (χ3v) is 9.53. The second-order valence-electron chi connectivity index (χ2n) is 8.16. The Balaban J connectivity index is 2.57. The highest BCUT2D eigenvalue weighted by Crippen LogP contribution is 2.38. The van der Waals surface area contributed by atoms with Gasteiger partial charge in [-0.2, -0.15) is 0 Å². The zero-order chi connectivity index (χ0) is 19.1. The molecule has 0 aromatic heterocycles. The van der Waals surface area contributed by atoms with E-state index in [1.54, 1.807) is 7.11 Å². The van der Waals surface area contributed by atoms with Crippen LogP contribution in [0.3, 0.4) is 0 Å². The Hall–Kier alpha value is -1.17. The molecule has 0 spiro atoms. The molecule has 0 radical (unpaired) electrons. The summed E-state index contributed by atoms with van der Waals surface area (Å²) < 4.78 is 17.5. The maximum atomic E-state index is 11.1. The van der Waals surface area contributed by atoms with Gasteiger partial charge in [0.1, 0.15) is 12.0 Å². The highest BCUT2D eigenvalue weighted by Gasteiger charge is 2.40. The van der Waals surface area contributed by atoms with Crippen LogP contribution < -0.4 is 4.74 Å². The van der Waals surface area contributed by atoms with Crippen LogP contribution in [0, 0.1) is 5.92 Å². The van der Waals surface area contributed by atoms with Gasteiger partial charge in [0, 0.05) is 12.3 Å². The molecule has 0 bridgehead atoms. The smallest absolute Gasteiger partial charge is 0.192 e. The largest absolute Gasteiger partial charge is 0.497 e. The minimum atomic E-state index is -1.91. The normalized spacial score (nSPS) is 14.8. The summed E-state index contributed by atoms with van der Waals surface area (Å²) in [7, 11) is -0.255. The third-order valence-electron chi connectivity index (χ3n) is 5.02. The summed E-state index contributed by atoms with van der Waals surface area (Å²) in [5, 5.41) is 0.123. The number of rotatable bonds is 10. The molecule has 0 heterocycles. The van der Waals surface area contributed by atoms with Crippen LogP contribution in [-0.4, -0.2) is 34.4 Å². The Bertz CT molecular complexity index is 519. The summed E-state index contributed by atoms with van der Waals surface area (Å²) in [4.78, 5) is 11.1. The molecule has 1 rings (SSSR count). The average molecular weight is 367 g/mol. The van der Waals surface area contributed by atoms with Crippen LogP contribution in [0.4, 0.5) is 0 Å². The SMILES string of the molecule is COc1ccc(COC[C@@H](C)[C@H](CC=O)O[Si](C)(C)C(C)(C)C)cc1. The first-order valence-corrected chi connectivity index (χ1v) is 11.8. The molecule has 0 amide bonds. The number of aldehydes is 1. The summed E-state index contributed by atoms with van der Waals surface area (Å²) in [5.74, 6) is 1.00. The lowest BCUT2D eigenvalue weighted by molar-refractivity contribution is -0.110. The average Bonchev–Trinajstić information content (AvgIpc) is 2.53. The Morgan fingerprint density at radius 1 is 1.16 bits per heavy atom. The van der Waals surface area contributed by atoms with Crippen molar-refractivity contribution in [2.24, 2.45) is 5.92 Å². The van der Waals surface area contributed by atoms with E-state index in [4.69, 9.17) is 13.9 Å². The predicted octanol–water partition coefficient (Wildman–Crippen LogP) is 4.83. The quantitative estimate of drug-likeness (QED) is 0.439. The van der Waals surface area contributed by atoms with E-state index in [9.17, 15) is 4.79 Å². The lowest BCUT2D eigenvalue weighted by Gasteiger charge is -2.40. The zero-order valence-electron chi connectivity index (χ0n) is 16.8. The van der Waals surface area contributed by atoms with E-state index in [0.29, 0.717) is 19.6 Å². The Morgan fingerprint density at radius 2 is 1.76 bits per heavy atom. The van der Waals surface area contributed by atoms with Crippen molar-refractivity contribution in [3.05, 3.63) is 29.8 Å². The van der Waals surface area contributed by atoms with Crippen molar-refractivity contribution in [3.8, 4) is 5.75 Å². The van der Waals surface area contributed by atoms with Gasteiger partial charge in [-0.05, 0) is 35.8 Å². The van der Waals surface area contributed by atoms with Crippen molar-refractivity contribution >= 4 is 14.6 Å². The van der Waals surface area contributed by atoms with Crippen LogP contribution in [0.1, 0.15) is 39.7 Å². The fraction of sp³-hybridized carbons (Fsp3) is 0.650. The molecule has 2 atom stereocenters. The van der Waals surface area contributed by atoms with Crippen LogP contribution in [0.15, 0.2) is 24.3 Å². The first-order valence-electron chi connectivity index (χ1n) is 8.93. The van der Waals surface area contributed by atoms with Crippen LogP contribution in [0.2, 0.25) is 18.1 Å². The van der Waals surface area contributed by atoms with E-state index in [0.717, 1.165) is 17.6 Å². The van der Waals surface area contributed by atoms with Crippen LogP contribution in [0.25, 0.3) is 0 Å². The second-order valence-corrected chi connectivity index (χ2v) is 12.9. The van der Waals surface area contributed by atoms with E-state index >= 15 is 0 Å². The first-order chi connectivity index (χ1) is 11.6. The number of hydrogen-bond acceptors (Lipinski definition) is 4. The van der Waals surface area contributed by atoms with E-state index < -0.39 is 8.32 Å². The molecule has 0 saturated carbocycles. The van der Waals surface area contributed by atoms with Gasteiger partial charge in [-0.3, -0.25) is 0 Å². The molecule has 5 heteroatoms. The van der Waals surface area contributed by atoms with Crippen molar-refractivity contribution < 1.29 is 18.7 Å². The van der Waals surface area contributed by atoms with E-state index in [2.05, 4.69) is 40.8 Å². The minimum absolute atomic E-state index is 0.0886. The summed E-state index contributed by atoms with van der Waals surface area (Å²) in [6, 6.07) is 7.85. The lowest BCUT2D eigenvalue weighted by atomic mass is 10.0. The monoisotopic (exact) mass is 366 g/mol. The fourth-order valence-corrected chi connectivity index (χ4v) is 3.68. The molecule has 0 saturated heterocycles. The van der Waals surface area contributed by atoms with Gasteiger partial charge < -0.3 is 18.7 Å². The van der Waals surface area contributed by atoms with Crippen molar-refractivity contribution in [1.82, 2.24) is 0 Å². The van der Waals surface area contributed by atoms with Gasteiger partial charge in [0.2, 0.25) is 0 Å². The third kappa shape index (κ3) is 6.92. The van der Waals surface area contributed by atoms with Crippen LogP contribution >= 0.6 is 0 Å². The Morgan fingerprint density at radius 3 is 2.24 bits per heavy atom. The number of hydrogen-bond donors (Lipinski definition) is 0. The van der Waals surface area contributed by atoms with Crippen molar-refractivity contribution in [2.45, 2.75) is 65.0 Å². The van der Waals surface area contributed by atoms with Crippen molar-refractivity contribution in [1.29, 1.82) is 0 Å². The van der Waals surface area contributed by atoms with E-state index in [1.165, 1.54) is 0 Å². The standard InChI is InChI=1S/C20H34O4Si/c1-16(14-23-15-17-8-10-18(22-5)11-9-17)19(12-13-21)24-25(6,7)20(2,3)4/h8-11,13,16,19H,12,14-15H2,1-7H3/t16-,19+/m1/s1. The van der Waals surface area contributed by atoms with Gasteiger partial charge >= 0.3 is 0 Å². The number of carbonyl (C=O) groups excluding carboxylic acids is 1. The molecule has 0 N–H and O–H groups in total. The molecule has 1 aromatic rings. The molecule has 0 aliphatic carbocycles. The van der Waals surface area contributed by atoms with Gasteiger partial charge in [0.05, 0.1) is 26.4 Å². The van der Waals surface area contributed by atoms with E-state index in [-0.39, 0.29) is 17.1 Å². The zero-order valence-corrected chi connectivity index (χ0v) is 17.8. The van der Waals surface area contributed by atoms with Gasteiger partial charge in [0.15, 0.2) is 8.32 Å². The van der Waals surface area contributed by atoms with Crippen LogP contribution in [-0.2, 0) is 20.6 Å². The molecule has 1 aromatic carbocycles. The number of benzene rings is 1.